The Labute approximate surface area is 219 Å². The van der Waals surface area contributed by atoms with E-state index in [9.17, 15) is 9.59 Å². The molecule has 1 aliphatic carbocycles. The van der Waals surface area contributed by atoms with Gasteiger partial charge in [0.1, 0.15) is 5.69 Å². The minimum absolute atomic E-state index is 0.0752. The highest BCUT2D eigenvalue weighted by Gasteiger charge is 2.54. The van der Waals surface area contributed by atoms with Crippen LogP contribution in [0.5, 0.6) is 0 Å². The number of hydrogen-bond donors (Lipinski definition) is 1. The minimum atomic E-state index is -0.286. The number of fused-ring (bicyclic) bond motifs is 2. The van der Waals surface area contributed by atoms with Crippen LogP contribution in [0.1, 0.15) is 70.3 Å². The van der Waals surface area contributed by atoms with Crippen LogP contribution in [0.3, 0.4) is 0 Å². The number of aromatic nitrogens is 1. The average molecular weight is 498 g/mol. The summed E-state index contributed by atoms with van der Waals surface area (Å²) in [5.74, 6) is 0.444. The van der Waals surface area contributed by atoms with Gasteiger partial charge in [-0.15, -0.1) is 0 Å². The van der Waals surface area contributed by atoms with E-state index in [1.165, 1.54) is 11.1 Å². The van der Waals surface area contributed by atoms with Crippen LogP contribution in [0.4, 0.5) is 0 Å². The Hall–Kier alpha value is -3.51. The predicted octanol–water partition coefficient (Wildman–Crippen LogP) is 4.95. The van der Waals surface area contributed by atoms with Crippen molar-refractivity contribution in [1.29, 1.82) is 0 Å². The third kappa shape index (κ3) is 4.78. The largest absolute Gasteiger partial charge is 0.378 e. The van der Waals surface area contributed by atoms with Gasteiger partial charge in [-0.2, -0.15) is 0 Å². The summed E-state index contributed by atoms with van der Waals surface area (Å²) in [6.07, 6.45) is 3.95. The first-order valence-electron chi connectivity index (χ1n) is 13.2. The lowest BCUT2D eigenvalue weighted by Gasteiger charge is -2.44. The zero-order chi connectivity index (χ0) is 26.0. The first kappa shape index (κ1) is 25.2. The predicted molar refractivity (Wildman–Crippen MR) is 143 cm³/mol. The van der Waals surface area contributed by atoms with Gasteiger partial charge in [-0.05, 0) is 66.1 Å². The number of nitrogens with zero attached hydrogens (tertiary/aromatic N) is 2. The number of likely N-dealkylation sites (tertiary alicyclic amines) is 1. The van der Waals surface area contributed by atoms with E-state index in [0.29, 0.717) is 24.7 Å². The number of rotatable bonds is 6. The number of carbonyl (C=O) groups is 2. The lowest BCUT2D eigenvalue weighted by atomic mass is 9.71. The normalized spacial score (nSPS) is 20.2. The summed E-state index contributed by atoms with van der Waals surface area (Å²) in [5.41, 5.74) is 4.39. The van der Waals surface area contributed by atoms with E-state index in [4.69, 9.17) is 4.74 Å². The Morgan fingerprint density at radius 1 is 1.03 bits per heavy atom. The molecule has 1 spiro atoms. The van der Waals surface area contributed by atoms with Gasteiger partial charge in [-0.1, -0.05) is 56.3 Å². The van der Waals surface area contributed by atoms with Crippen LogP contribution in [-0.2, 0) is 16.6 Å². The van der Waals surface area contributed by atoms with Gasteiger partial charge in [-0.3, -0.25) is 14.6 Å². The molecule has 37 heavy (non-hydrogen) atoms. The van der Waals surface area contributed by atoms with Crippen molar-refractivity contribution < 1.29 is 14.3 Å². The molecular formula is C31H35N3O3. The highest BCUT2D eigenvalue weighted by molar-refractivity contribution is 5.94. The maximum atomic E-state index is 13.3. The molecule has 6 nitrogen and oxygen atoms in total. The monoisotopic (exact) mass is 497 g/mol. The summed E-state index contributed by atoms with van der Waals surface area (Å²) in [6, 6.07) is 21.4. The van der Waals surface area contributed by atoms with Gasteiger partial charge in [0, 0.05) is 37.4 Å². The van der Waals surface area contributed by atoms with Crippen molar-refractivity contribution in [3.05, 3.63) is 101 Å². The second kappa shape index (κ2) is 10.5. The van der Waals surface area contributed by atoms with E-state index in [0.717, 1.165) is 30.4 Å². The zero-order valence-corrected chi connectivity index (χ0v) is 21.8. The molecule has 0 bridgehead atoms. The number of nitrogens with one attached hydrogen (secondary N) is 1. The smallest absolute Gasteiger partial charge is 0.270 e. The van der Waals surface area contributed by atoms with Crippen LogP contribution in [0.2, 0.25) is 0 Å². The van der Waals surface area contributed by atoms with Crippen molar-refractivity contribution in [2.45, 2.75) is 50.7 Å². The van der Waals surface area contributed by atoms with Crippen molar-refractivity contribution in [3.63, 3.8) is 0 Å². The third-order valence-electron chi connectivity index (χ3n) is 7.91. The number of piperidine rings is 1. The molecule has 2 atom stereocenters. The van der Waals surface area contributed by atoms with Crippen LogP contribution in [0.15, 0.2) is 72.9 Å². The lowest BCUT2D eigenvalue weighted by molar-refractivity contribution is -0.00932. The number of pyridine rings is 1. The number of hydrogen-bond acceptors (Lipinski definition) is 4. The molecule has 0 saturated carbocycles. The van der Waals surface area contributed by atoms with E-state index in [-0.39, 0.29) is 29.4 Å². The molecule has 6 heteroatoms. The van der Waals surface area contributed by atoms with E-state index in [1.54, 1.807) is 25.4 Å². The third-order valence-corrected chi connectivity index (χ3v) is 7.91. The Morgan fingerprint density at radius 2 is 1.73 bits per heavy atom. The molecule has 192 valence electrons. The molecule has 0 radical (unpaired) electrons. The van der Waals surface area contributed by atoms with Gasteiger partial charge in [0.2, 0.25) is 0 Å². The van der Waals surface area contributed by atoms with Gasteiger partial charge < -0.3 is 15.0 Å². The van der Waals surface area contributed by atoms with Crippen LogP contribution < -0.4 is 5.32 Å². The lowest BCUT2D eigenvalue weighted by Crippen LogP contribution is -2.51. The van der Waals surface area contributed by atoms with Crippen LogP contribution in [0, 0.1) is 5.92 Å². The summed E-state index contributed by atoms with van der Waals surface area (Å²) < 4.78 is 6.12. The van der Waals surface area contributed by atoms with Gasteiger partial charge >= 0.3 is 0 Å². The van der Waals surface area contributed by atoms with E-state index < -0.39 is 0 Å². The fourth-order valence-electron chi connectivity index (χ4n) is 6.18. The number of carbonyl (C=O) groups excluding carboxylic acids is 2. The molecule has 2 heterocycles. The molecule has 1 N–H and O–H groups in total. The molecule has 2 aromatic carbocycles. The first-order chi connectivity index (χ1) is 17.9. The van der Waals surface area contributed by atoms with Gasteiger partial charge in [0.15, 0.2) is 0 Å². The van der Waals surface area contributed by atoms with E-state index >= 15 is 0 Å². The van der Waals surface area contributed by atoms with Crippen LogP contribution in [0.25, 0.3) is 0 Å². The summed E-state index contributed by atoms with van der Waals surface area (Å²) in [7, 11) is 1.72. The standard InChI is InChI=1S/C31H35N3O3/c1-21(2)20-22-11-13-23(14-12-22)30(36)34-18-15-31(16-19-34)25-9-5-4-8-24(25)27(28(31)37-3)33-29(35)26-10-6-7-17-32-26/h4-14,17,21,27-28H,15-16,18-20H2,1-3H3,(H,33,35)/t27-,28+/m1/s1. The summed E-state index contributed by atoms with van der Waals surface area (Å²) in [5, 5.41) is 3.20. The van der Waals surface area contributed by atoms with E-state index in [2.05, 4.69) is 48.4 Å². The highest BCUT2D eigenvalue weighted by atomic mass is 16.5. The summed E-state index contributed by atoms with van der Waals surface area (Å²) in [4.78, 5) is 32.5. The molecule has 1 aromatic heterocycles. The van der Waals surface area contributed by atoms with Gasteiger partial charge in [0.05, 0.1) is 12.1 Å². The first-order valence-corrected chi connectivity index (χ1v) is 13.2. The molecule has 0 unspecified atom stereocenters. The fraction of sp³-hybridized carbons (Fsp3) is 0.387. The Balaban J connectivity index is 1.35. The van der Waals surface area contributed by atoms with Crippen LogP contribution >= 0.6 is 0 Å². The quantitative estimate of drug-likeness (QED) is 0.523. The van der Waals surface area contributed by atoms with Crippen LogP contribution in [-0.4, -0.2) is 48.0 Å². The van der Waals surface area contributed by atoms with Gasteiger partial charge in [-0.25, -0.2) is 0 Å². The Bertz CT molecular complexity index is 1250. The van der Waals surface area contributed by atoms with Crippen molar-refractivity contribution in [3.8, 4) is 0 Å². The molecule has 1 saturated heterocycles. The van der Waals surface area contributed by atoms with Gasteiger partial charge in [0.25, 0.3) is 11.8 Å². The number of methoxy groups -OCH3 is 1. The maximum Gasteiger partial charge on any atom is 0.270 e. The van der Waals surface area contributed by atoms with E-state index in [1.807, 2.05) is 35.2 Å². The number of ether oxygens (including phenoxy) is 1. The SMILES string of the molecule is CO[C@H]1[C@H](NC(=O)c2ccccn2)c2ccccc2C12CCN(C(=O)c1ccc(CC(C)C)cc1)CC2. The number of benzene rings is 2. The summed E-state index contributed by atoms with van der Waals surface area (Å²) >= 11 is 0. The van der Waals surface area contributed by atoms with Crippen molar-refractivity contribution >= 4 is 11.8 Å². The van der Waals surface area contributed by atoms with Crippen molar-refractivity contribution in [2.24, 2.45) is 5.92 Å². The molecule has 1 aliphatic heterocycles. The Kier molecular flexibility index (Phi) is 7.11. The average Bonchev–Trinajstić information content (AvgIpc) is 3.17. The Morgan fingerprint density at radius 3 is 2.38 bits per heavy atom. The molecule has 1 fully saturated rings. The highest BCUT2D eigenvalue weighted by Crippen LogP contribution is 2.52. The van der Waals surface area contributed by atoms with Crippen molar-refractivity contribution in [2.75, 3.05) is 20.2 Å². The van der Waals surface area contributed by atoms with Crippen molar-refractivity contribution in [1.82, 2.24) is 15.2 Å². The molecule has 2 amide bonds. The number of amides is 2. The molecule has 5 rings (SSSR count). The topological polar surface area (TPSA) is 71.5 Å². The molecular weight excluding hydrogens is 462 g/mol. The fourth-order valence-corrected chi connectivity index (χ4v) is 6.18. The maximum absolute atomic E-state index is 13.3. The second-order valence-electron chi connectivity index (χ2n) is 10.7. The minimum Gasteiger partial charge on any atom is -0.378 e. The zero-order valence-electron chi connectivity index (χ0n) is 21.8. The summed E-state index contributed by atoms with van der Waals surface area (Å²) in [6.45, 7) is 5.68. The molecule has 3 aromatic rings. The molecule has 2 aliphatic rings. The second-order valence-corrected chi connectivity index (χ2v) is 10.7.